The molecule has 4 nitrogen and oxygen atoms in total. The molecule has 0 radical (unpaired) electrons. The monoisotopic (exact) mass is 282 g/mol. The van der Waals surface area contributed by atoms with E-state index in [1.807, 2.05) is 12.1 Å². The van der Waals surface area contributed by atoms with Crippen LogP contribution in [0.2, 0.25) is 5.02 Å². The molecule has 19 heavy (non-hydrogen) atoms. The molecule has 0 saturated carbocycles. The Bertz CT molecular complexity index is 467. The van der Waals surface area contributed by atoms with Gasteiger partial charge in [0, 0.05) is 48.4 Å². The van der Waals surface area contributed by atoms with E-state index in [1.54, 1.807) is 0 Å². The van der Waals surface area contributed by atoms with E-state index in [0.717, 1.165) is 42.5 Å². The molecule has 2 heterocycles. The predicted molar refractivity (Wildman–Crippen MR) is 74.5 cm³/mol. The summed E-state index contributed by atoms with van der Waals surface area (Å²) in [4.78, 5) is 2.46. The van der Waals surface area contributed by atoms with Gasteiger partial charge in [0.1, 0.15) is 5.75 Å². The molecular formula is C14H19ClN2O2. The van der Waals surface area contributed by atoms with Gasteiger partial charge in [-0.1, -0.05) is 11.6 Å². The summed E-state index contributed by atoms with van der Waals surface area (Å²) in [5.41, 5.74) is 2.22. The minimum absolute atomic E-state index is 0.332. The number of benzene rings is 1. The maximum atomic E-state index is 6.19. The predicted octanol–water partition coefficient (Wildman–Crippen LogP) is 2.00. The molecule has 1 fully saturated rings. The lowest BCUT2D eigenvalue weighted by molar-refractivity contribution is -0.0176. The van der Waals surface area contributed by atoms with Crippen LogP contribution in [0, 0.1) is 0 Å². The van der Waals surface area contributed by atoms with E-state index in [9.17, 15) is 0 Å². The Morgan fingerprint density at radius 1 is 1.47 bits per heavy atom. The summed E-state index contributed by atoms with van der Waals surface area (Å²) in [6.45, 7) is 7.17. The molecule has 1 unspecified atom stereocenters. The van der Waals surface area contributed by atoms with Crippen molar-refractivity contribution in [3.05, 3.63) is 28.3 Å². The van der Waals surface area contributed by atoms with Crippen molar-refractivity contribution in [2.24, 2.45) is 0 Å². The van der Waals surface area contributed by atoms with E-state index >= 15 is 0 Å². The van der Waals surface area contributed by atoms with E-state index in [4.69, 9.17) is 21.1 Å². The molecule has 3 rings (SSSR count). The normalized spacial score (nSPS) is 23.8. The van der Waals surface area contributed by atoms with Gasteiger partial charge >= 0.3 is 0 Å². The molecule has 0 aliphatic carbocycles. The van der Waals surface area contributed by atoms with Crippen molar-refractivity contribution in [2.75, 3.05) is 26.4 Å². The van der Waals surface area contributed by atoms with E-state index in [-0.39, 0.29) is 0 Å². The van der Waals surface area contributed by atoms with Gasteiger partial charge in [-0.3, -0.25) is 4.90 Å². The summed E-state index contributed by atoms with van der Waals surface area (Å²) in [6, 6.07) is 4.48. The second-order valence-corrected chi connectivity index (χ2v) is 5.62. The van der Waals surface area contributed by atoms with Crippen LogP contribution < -0.4 is 10.1 Å². The van der Waals surface area contributed by atoms with E-state index in [1.165, 1.54) is 5.56 Å². The van der Waals surface area contributed by atoms with Gasteiger partial charge in [-0.15, -0.1) is 0 Å². The SMILES string of the molecule is CC1CNCCN1Cc1cc(Cl)cc2c1OCOC2. The fraction of sp³-hybridized carbons (Fsp3) is 0.571. The molecule has 1 saturated heterocycles. The van der Waals surface area contributed by atoms with Crippen molar-refractivity contribution in [1.82, 2.24) is 10.2 Å². The van der Waals surface area contributed by atoms with Gasteiger partial charge in [0.25, 0.3) is 0 Å². The van der Waals surface area contributed by atoms with Crippen molar-refractivity contribution >= 4 is 11.6 Å². The molecule has 1 atom stereocenters. The quantitative estimate of drug-likeness (QED) is 0.900. The fourth-order valence-corrected chi connectivity index (χ4v) is 2.97. The maximum absolute atomic E-state index is 6.19. The molecule has 0 amide bonds. The number of rotatable bonds is 2. The zero-order valence-electron chi connectivity index (χ0n) is 11.1. The number of hydrogen-bond donors (Lipinski definition) is 1. The Labute approximate surface area is 118 Å². The number of ether oxygens (including phenoxy) is 2. The van der Waals surface area contributed by atoms with Crippen molar-refractivity contribution in [3.8, 4) is 5.75 Å². The maximum Gasteiger partial charge on any atom is 0.189 e. The first kappa shape index (κ1) is 13.2. The number of piperazine rings is 1. The fourth-order valence-electron chi connectivity index (χ4n) is 2.71. The van der Waals surface area contributed by atoms with E-state index in [2.05, 4.69) is 17.1 Å². The highest BCUT2D eigenvalue weighted by Gasteiger charge is 2.22. The second kappa shape index (κ2) is 5.67. The highest BCUT2D eigenvalue weighted by atomic mass is 35.5. The third kappa shape index (κ3) is 2.87. The number of nitrogens with one attached hydrogen (secondary N) is 1. The summed E-state index contributed by atoms with van der Waals surface area (Å²) >= 11 is 6.19. The summed E-state index contributed by atoms with van der Waals surface area (Å²) < 4.78 is 11.0. The van der Waals surface area contributed by atoms with Crippen molar-refractivity contribution in [2.45, 2.75) is 26.1 Å². The summed E-state index contributed by atoms with van der Waals surface area (Å²) in [6.07, 6.45) is 0. The van der Waals surface area contributed by atoms with Crippen LogP contribution in [0.15, 0.2) is 12.1 Å². The molecule has 1 N–H and O–H groups in total. The average molecular weight is 283 g/mol. The zero-order valence-corrected chi connectivity index (χ0v) is 11.9. The molecular weight excluding hydrogens is 264 g/mol. The van der Waals surface area contributed by atoms with Crippen LogP contribution in [0.5, 0.6) is 5.75 Å². The van der Waals surface area contributed by atoms with Crippen LogP contribution in [0.3, 0.4) is 0 Å². The molecule has 1 aromatic rings. The topological polar surface area (TPSA) is 33.7 Å². The third-order valence-electron chi connectivity index (χ3n) is 3.76. The Morgan fingerprint density at radius 2 is 2.37 bits per heavy atom. The molecule has 104 valence electrons. The Balaban J connectivity index is 1.85. The Hall–Kier alpha value is -0.810. The van der Waals surface area contributed by atoms with E-state index in [0.29, 0.717) is 19.4 Å². The summed E-state index contributed by atoms with van der Waals surface area (Å²) in [5, 5.41) is 4.16. The van der Waals surface area contributed by atoms with Gasteiger partial charge in [0.05, 0.1) is 6.61 Å². The van der Waals surface area contributed by atoms with Crippen LogP contribution in [0.4, 0.5) is 0 Å². The Kier molecular flexibility index (Phi) is 3.93. The first-order valence-electron chi connectivity index (χ1n) is 6.70. The average Bonchev–Trinajstić information content (AvgIpc) is 2.41. The smallest absolute Gasteiger partial charge is 0.189 e. The largest absolute Gasteiger partial charge is 0.467 e. The molecule has 2 aliphatic rings. The second-order valence-electron chi connectivity index (χ2n) is 5.19. The highest BCUT2D eigenvalue weighted by Crippen LogP contribution is 2.32. The third-order valence-corrected chi connectivity index (χ3v) is 3.98. The zero-order chi connectivity index (χ0) is 13.2. The van der Waals surface area contributed by atoms with Gasteiger partial charge in [-0.2, -0.15) is 0 Å². The molecule has 0 bridgehead atoms. The van der Waals surface area contributed by atoms with Crippen LogP contribution in [-0.2, 0) is 17.9 Å². The molecule has 2 aliphatic heterocycles. The number of fused-ring (bicyclic) bond motifs is 1. The molecule has 0 spiro atoms. The van der Waals surface area contributed by atoms with Crippen LogP contribution in [0.25, 0.3) is 0 Å². The molecule has 0 aromatic heterocycles. The lowest BCUT2D eigenvalue weighted by atomic mass is 10.1. The van der Waals surface area contributed by atoms with Crippen LogP contribution >= 0.6 is 11.6 Å². The van der Waals surface area contributed by atoms with Crippen molar-refractivity contribution < 1.29 is 9.47 Å². The van der Waals surface area contributed by atoms with Gasteiger partial charge in [-0.25, -0.2) is 0 Å². The minimum Gasteiger partial charge on any atom is -0.467 e. The summed E-state index contributed by atoms with van der Waals surface area (Å²) in [5.74, 6) is 0.960. The highest BCUT2D eigenvalue weighted by molar-refractivity contribution is 6.30. The number of nitrogens with zero attached hydrogens (tertiary/aromatic N) is 1. The van der Waals surface area contributed by atoms with Crippen molar-refractivity contribution in [3.63, 3.8) is 0 Å². The van der Waals surface area contributed by atoms with Gasteiger partial charge in [0.2, 0.25) is 0 Å². The first-order valence-corrected chi connectivity index (χ1v) is 7.08. The standard InChI is InChI=1S/C14H19ClN2O2/c1-10-6-16-2-3-17(10)7-11-4-13(15)5-12-8-18-9-19-14(11)12/h4-5,10,16H,2-3,6-9H2,1H3. The summed E-state index contributed by atoms with van der Waals surface area (Å²) in [7, 11) is 0. The number of halogens is 1. The molecule has 5 heteroatoms. The minimum atomic E-state index is 0.332. The van der Waals surface area contributed by atoms with E-state index < -0.39 is 0 Å². The number of hydrogen-bond acceptors (Lipinski definition) is 4. The van der Waals surface area contributed by atoms with Gasteiger partial charge in [-0.05, 0) is 19.1 Å². The van der Waals surface area contributed by atoms with Crippen molar-refractivity contribution in [1.29, 1.82) is 0 Å². The van der Waals surface area contributed by atoms with Crippen LogP contribution in [0.1, 0.15) is 18.1 Å². The van der Waals surface area contributed by atoms with Gasteiger partial charge in [0.15, 0.2) is 6.79 Å². The van der Waals surface area contributed by atoms with Gasteiger partial charge < -0.3 is 14.8 Å². The lowest BCUT2D eigenvalue weighted by Gasteiger charge is -2.34. The molecule has 1 aromatic carbocycles. The van der Waals surface area contributed by atoms with Crippen LogP contribution in [-0.4, -0.2) is 37.4 Å². The Morgan fingerprint density at radius 3 is 3.21 bits per heavy atom. The first-order chi connectivity index (χ1) is 9.24. The lowest BCUT2D eigenvalue weighted by Crippen LogP contribution is -2.49.